The lowest BCUT2D eigenvalue weighted by atomic mass is 10.0. The van der Waals surface area contributed by atoms with Crippen LogP contribution in [-0.4, -0.2) is 39.3 Å². The van der Waals surface area contributed by atoms with Gasteiger partial charge >= 0.3 is 0 Å². The Balaban J connectivity index is 1.32. The topological polar surface area (TPSA) is 133 Å². The molecule has 4 aromatic rings. The molecule has 40 heavy (non-hydrogen) atoms. The molecular formula is C30H29FN4O5. The first kappa shape index (κ1) is 28.2. The molecule has 0 saturated heterocycles. The van der Waals surface area contributed by atoms with Crippen LogP contribution in [0.2, 0.25) is 0 Å². The number of halogens is 1. The van der Waals surface area contributed by atoms with Gasteiger partial charge < -0.3 is 15.0 Å². The number of nitrogens with one attached hydrogen (secondary N) is 3. The molecule has 0 unspecified atom stereocenters. The molecule has 206 valence electrons. The summed E-state index contributed by atoms with van der Waals surface area (Å²) in [5, 5.41) is 11.2. The molecule has 0 bridgehead atoms. The minimum Gasteiger partial charge on any atom is -0.457 e. The van der Waals surface area contributed by atoms with Crippen molar-refractivity contribution in [3.05, 3.63) is 101 Å². The lowest BCUT2D eigenvalue weighted by Crippen LogP contribution is -2.26. The van der Waals surface area contributed by atoms with Crippen molar-refractivity contribution in [1.82, 2.24) is 20.8 Å². The highest BCUT2D eigenvalue weighted by atomic mass is 19.1. The molecule has 0 aliphatic carbocycles. The van der Waals surface area contributed by atoms with E-state index in [0.717, 1.165) is 11.1 Å². The predicted octanol–water partition coefficient (Wildman–Crippen LogP) is 4.69. The number of hydrogen-bond acceptors (Lipinski definition) is 6. The van der Waals surface area contributed by atoms with E-state index in [1.54, 1.807) is 72.5 Å². The zero-order valence-electron chi connectivity index (χ0n) is 21.9. The molecule has 0 aliphatic rings. The number of carbonyl (C=O) groups excluding carboxylic acids is 3. The molecule has 0 spiro atoms. The second-order valence-electron chi connectivity index (χ2n) is 9.31. The Morgan fingerprint density at radius 3 is 2.58 bits per heavy atom. The van der Waals surface area contributed by atoms with E-state index in [1.165, 1.54) is 6.07 Å². The normalized spacial score (nSPS) is 10.7. The van der Waals surface area contributed by atoms with E-state index >= 15 is 0 Å². The van der Waals surface area contributed by atoms with Crippen molar-refractivity contribution in [2.45, 2.75) is 32.6 Å². The quantitative estimate of drug-likeness (QED) is 0.116. The molecule has 0 saturated carbocycles. The van der Waals surface area contributed by atoms with Crippen LogP contribution in [-0.2, 0) is 22.4 Å². The summed E-state index contributed by atoms with van der Waals surface area (Å²) in [5.74, 6) is -0.165. The summed E-state index contributed by atoms with van der Waals surface area (Å²) < 4.78 is 19.9. The van der Waals surface area contributed by atoms with Crippen LogP contribution < -0.4 is 15.5 Å². The second-order valence-corrected chi connectivity index (χ2v) is 9.31. The van der Waals surface area contributed by atoms with Crippen LogP contribution in [0.25, 0.3) is 11.4 Å². The summed E-state index contributed by atoms with van der Waals surface area (Å²) in [6, 6.07) is 17.0. The van der Waals surface area contributed by atoms with Crippen molar-refractivity contribution >= 4 is 17.6 Å². The number of rotatable bonds is 12. The Hall–Kier alpha value is -4.83. The number of carbonyl (C=O) groups is 3. The number of ether oxygens (including phenoxy) is 1. The van der Waals surface area contributed by atoms with Crippen LogP contribution in [0, 0.1) is 12.7 Å². The highest BCUT2D eigenvalue weighted by Crippen LogP contribution is 2.26. The molecule has 2 aromatic carbocycles. The minimum atomic E-state index is -0.510. The number of nitrogens with zero attached hydrogens (tertiary/aromatic N) is 1. The fourth-order valence-electron chi connectivity index (χ4n) is 4.06. The Morgan fingerprint density at radius 2 is 1.80 bits per heavy atom. The van der Waals surface area contributed by atoms with Crippen molar-refractivity contribution in [3.63, 3.8) is 0 Å². The summed E-state index contributed by atoms with van der Waals surface area (Å²) in [6.07, 6.45) is 3.87. The Bertz CT molecular complexity index is 1500. The van der Waals surface area contributed by atoms with Gasteiger partial charge in [-0.1, -0.05) is 29.8 Å². The molecular weight excluding hydrogens is 515 g/mol. The average Bonchev–Trinajstić information content (AvgIpc) is 3.45. The lowest BCUT2D eigenvalue weighted by molar-refractivity contribution is -0.129. The standard InChI is InChI=1S/C30H29FN4O5/c1-19-4-9-26(31)21(13-19)15-23(36)14-20-5-7-24(8-6-20)40-25-10-12-32-28(17-25)27-16-22(18-34-27)30(38)33-11-2-3-29(37)35-39/h4-10,12-13,16-18,34,39H,2-3,11,14-15H2,1H3,(H,33,38)(H,35,37). The number of aromatic nitrogens is 2. The summed E-state index contributed by atoms with van der Waals surface area (Å²) in [7, 11) is 0. The maximum atomic E-state index is 14.0. The van der Waals surface area contributed by atoms with Crippen molar-refractivity contribution in [2.75, 3.05) is 6.54 Å². The van der Waals surface area contributed by atoms with Crippen LogP contribution in [0.5, 0.6) is 11.5 Å². The largest absolute Gasteiger partial charge is 0.457 e. The van der Waals surface area contributed by atoms with Gasteiger partial charge in [-0.25, -0.2) is 9.87 Å². The van der Waals surface area contributed by atoms with Crippen LogP contribution in [0.3, 0.4) is 0 Å². The number of aromatic amines is 1. The van der Waals surface area contributed by atoms with E-state index in [1.807, 2.05) is 6.92 Å². The molecule has 10 heteroatoms. The average molecular weight is 545 g/mol. The molecule has 2 heterocycles. The molecule has 2 amide bonds. The molecule has 9 nitrogen and oxygen atoms in total. The first-order chi connectivity index (χ1) is 19.3. The first-order valence-corrected chi connectivity index (χ1v) is 12.7. The van der Waals surface area contributed by atoms with Crippen LogP contribution in [0.1, 0.15) is 39.9 Å². The van der Waals surface area contributed by atoms with Gasteiger partial charge in [0.15, 0.2) is 0 Å². The number of hydroxylamine groups is 1. The number of amides is 2. The molecule has 4 N–H and O–H groups in total. The highest BCUT2D eigenvalue weighted by molar-refractivity contribution is 5.95. The summed E-state index contributed by atoms with van der Waals surface area (Å²) in [4.78, 5) is 43.3. The third kappa shape index (κ3) is 7.84. The van der Waals surface area contributed by atoms with E-state index in [-0.39, 0.29) is 43.3 Å². The van der Waals surface area contributed by atoms with Crippen molar-refractivity contribution in [3.8, 4) is 22.9 Å². The maximum Gasteiger partial charge on any atom is 0.252 e. The summed E-state index contributed by atoms with van der Waals surface area (Å²) in [6.45, 7) is 2.15. The summed E-state index contributed by atoms with van der Waals surface area (Å²) >= 11 is 0. The van der Waals surface area contributed by atoms with Crippen LogP contribution in [0.4, 0.5) is 4.39 Å². The second kappa shape index (κ2) is 13.3. The number of hydrogen-bond donors (Lipinski definition) is 4. The number of benzene rings is 2. The van der Waals surface area contributed by atoms with Gasteiger partial charge in [-0.05, 0) is 54.8 Å². The van der Waals surface area contributed by atoms with Gasteiger partial charge in [-0.2, -0.15) is 0 Å². The monoisotopic (exact) mass is 544 g/mol. The molecule has 0 fully saturated rings. The van der Waals surface area contributed by atoms with Gasteiger partial charge in [-0.3, -0.25) is 24.6 Å². The van der Waals surface area contributed by atoms with Crippen LogP contribution >= 0.6 is 0 Å². The number of Topliss-reactive ketones (excluding diaryl/α,β-unsaturated/α-hetero) is 1. The zero-order chi connectivity index (χ0) is 28.5. The predicted molar refractivity (Wildman–Crippen MR) is 146 cm³/mol. The minimum absolute atomic E-state index is 0.0387. The molecule has 0 atom stereocenters. The Labute approximate surface area is 230 Å². The molecule has 2 aromatic heterocycles. The number of pyridine rings is 1. The van der Waals surface area contributed by atoms with Crippen molar-refractivity contribution in [1.29, 1.82) is 0 Å². The summed E-state index contributed by atoms with van der Waals surface area (Å²) in [5.41, 5.74) is 5.26. The molecule has 4 rings (SSSR count). The van der Waals surface area contributed by atoms with Crippen LogP contribution in [0.15, 0.2) is 73.1 Å². The fourth-order valence-corrected chi connectivity index (χ4v) is 4.06. The first-order valence-electron chi connectivity index (χ1n) is 12.7. The Morgan fingerprint density at radius 1 is 1.00 bits per heavy atom. The SMILES string of the molecule is Cc1ccc(F)c(CC(=O)Cc2ccc(Oc3ccnc(-c4cc(C(=O)NCCCC(=O)NO)c[nH]4)c3)cc2)c1. The van der Waals surface area contributed by atoms with E-state index in [2.05, 4.69) is 15.3 Å². The number of ketones is 1. The van der Waals surface area contributed by atoms with Crippen molar-refractivity contribution < 1.29 is 28.7 Å². The zero-order valence-corrected chi connectivity index (χ0v) is 21.9. The van der Waals surface area contributed by atoms with Crippen molar-refractivity contribution in [2.24, 2.45) is 0 Å². The third-order valence-electron chi connectivity index (χ3n) is 6.09. The van der Waals surface area contributed by atoms with Gasteiger partial charge in [0.25, 0.3) is 5.91 Å². The van der Waals surface area contributed by atoms with Gasteiger partial charge in [-0.15, -0.1) is 0 Å². The third-order valence-corrected chi connectivity index (χ3v) is 6.09. The van der Waals surface area contributed by atoms with Gasteiger partial charge in [0, 0.05) is 44.3 Å². The van der Waals surface area contributed by atoms with E-state index < -0.39 is 5.91 Å². The fraction of sp³-hybridized carbons (Fsp3) is 0.200. The highest BCUT2D eigenvalue weighted by Gasteiger charge is 2.12. The lowest BCUT2D eigenvalue weighted by Gasteiger charge is -2.08. The molecule has 0 radical (unpaired) electrons. The smallest absolute Gasteiger partial charge is 0.252 e. The van der Waals surface area contributed by atoms with Gasteiger partial charge in [0.2, 0.25) is 5.91 Å². The van der Waals surface area contributed by atoms with E-state index in [9.17, 15) is 18.8 Å². The van der Waals surface area contributed by atoms with E-state index in [0.29, 0.717) is 40.4 Å². The maximum absolute atomic E-state index is 14.0. The van der Waals surface area contributed by atoms with Gasteiger partial charge in [0.05, 0.1) is 17.0 Å². The van der Waals surface area contributed by atoms with E-state index in [4.69, 9.17) is 9.94 Å². The number of aryl methyl sites for hydroxylation is 1. The van der Waals surface area contributed by atoms with Gasteiger partial charge in [0.1, 0.15) is 23.1 Å². The number of H-pyrrole nitrogens is 1. The molecule has 0 aliphatic heterocycles. The Kier molecular flexibility index (Phi) is 9.37.